The molecule has 3 aromatic heterocycles. The molecule has 2 fully saturated rings. The summed E-state index contributed by atoms with van der Waals surface area (Å²) < 4.78 is 13.7. The van der Waals surface area contributed by atoms with Gasteiger partial charge in [0.15, 0.2) is 11.5 Å². The summed E-state index contributed by atoms with van der Waals surface area (Å²) in [5, 5.41) is 12.8. The lowest BCUT2D eigenvalue weighted by molar-refractivity contribution is -0.0207. The number of hydrogen-bond donors (Lipinski definition) is 1. The fourth-order valence-electron chi connectivity index (χ4n) is 4.41. The zero-order valence-corrected chi connectivity index (χ0v) is 17.6. The molecule has 0 unspecified atom stereocenters. The molecule has 1 N–H and O–H groups in total. The molecule has 0 radical (unpaired) electrons. The van der Waals surface area contributed by atoms with Crippen LogP contribution in [0.3, 0.4) is 0 Å². The van der Waals surface area contributed by atoms with Gasteiger partial charge in [-0.2, -0.15) is 26.6 Å². The number of hydrogen-bond acceptors (Lipinski definition) is 7. The first-order valence-corrected chi connectivity index (χ1v) is 11.2. The Labute approximate surface area is 174 Å². The highest BCUT2D eigenvalue weighted by Gasteiger charge is 2.37. The molecule has 5 rings (SSSR count). The third-order valence-electron chi connectivity index (χ3n) is 6.09. The van der Waals surface area contributed by atoms with Gasteiger partial charge in [-0.15, -0.1) is 0 Å². The van der Waals surface area contributed by atoms with E-state index in [0.717, 1.165) is 53.6 Å². The van der Waals surface area contributed by atoms with Crippen molar-refractivity contribution in [3.63, 3.8) is 0 Å². The topological polar surface area (TPSA) is 81.1 Å². The maximum absolute atomic E-state index is 6.20. The summed E-state index contributed by atoms with van der Waals surface area (Å²) in [6.07, 6.45) is 5.61. The van der Waals surface area contributed by atoms with Gasteiger partial charge in [0.1, 0.15) is 5.82 Å². The molecule has 29 heavy (non-hydrogen) atoms. The van der Waals surface area contributed by atoms with E-state index in [1.165, 1.54) is 5.56 Å². The first kappa shape index (κ1) is 18.9. The molecular weight excluding hydrogens is 388 g/mol. The van der Waals surface area contributed by atoms with Gasteiger partial charge in [0.05, 0.1) is 37.3 Å². The Bertz CT molecular complexity index is 982. The van der Waals surface area contributed by atoms with E-state index in [2.05, 4.69) is 33.2 Å². The number of thioether (sulfide) groups is 1. The number of nitrogens with one attached hydrogen (secondary N) is 1. The normalized spacial score (nSPS) is 22.3. The smallest absolute Gasteiger partial charge is 0.167 e. The van der Waals surface area contributed by atoms with Gasteiger partial charge in [-0.25, -0.2) is 4.98 Å². The highest BCUT2D eigenvalue weighted by molar-refractivity contribution is 7.99. The molecule has 2 aliphatic rings. The summed E-state index contributed by atoms with van der Waals surface area (Å²) in [7, 11) is 1.83. The Balaban J connectivity index is 1.72. The Morgan fingerprint density at radius 3 is 2.93 bits per heavy atom. The molecule has 154 valence electrons. The summed E-state index contributed by atoms with van der Waals surface area (Å²) in [5.41, 5.74) is 1.71. The van der Waals surface area contributed by atoms with E-state index in [-0.39, 0.29) is 11.6 Å². The number of rotatable bonds is 4. The molecular formula is C20H26N6O2S. The van der Waals surface area contributed by atoms with E-state index in [1.54, 1.807) is 6.20 Å². The van der Waals surface area contributed by atoms with Gasteiger partial charge in [0.2, 0.25) is 0 Å². The van der Waals surface area contributed by atoms with Crippen LogP contribution < -0.4 is 4.90 Å². The fraction of sp³-hybridized carbons (Fsp3) is 0.550. The number of aromatic nitrogens is 5. The van der Waals surface area contributed by atoms with Gasteiger partial charge >= 0.3 is 0 Å². The van der Waals surface area contributed by atoms with Crippen molar-refractivity contribution in [2.75, 3.05) is 43.3 Å². The lowest BCUT2D eigenvalue weighted by Gasteiger charge is -2.38. The molecule has 9 heteroatoms. The number of methoxy groups -OCH3 is 1. The molecule has 3 aromatic rings. The van der Waals surface area contributed by atoms with Crippen LogP contribution >= 0.6 is 11.8 Å². The minimum atomic E-state index is -0.307. The second kappa shape index (κ2) is 7.62. The number of fused-ring (bicyclic) bond motifs is 1. The number of pyridine rings is 1. The quantitative estimate of drug-likeness (QED) is 0.703. The van der Waals surface area contributed by atoms with Gasteiger partial charge in [0, 0.05) is 30.7 Å². The minimum absolute atomic E-state index is 0.269. The van der Waals surface area contributed by atoms with E-state index in [1.807, 2.05) is 35.8 Å². The predicted molar refractivity (Wildman–Crippen MR) is 114 cm³/mol. The summed E-state index contributed by atoms with van der Waals surface area (Å²) in [4.78, 5) is 7.38. The van der Waals surface area contributed by atoms with Crippen molar-refractivity contribution in [1.82, 2.24) is 25.0 Å². The number of nitrogens with zero attached hydrogens (tertiary/aromatic N) is 5. The van der Waals surface area contributed by atoms with Crippen LogP contribution in [0.5, 0.6) is 0 Å². The van der Waals surface area contributed by atoms with Crippen LogP contribution in [0, 0.1) is 0 Å². The van der Waals surface area contributed by atoms with E-state index in [4.69, 9.17) is 14.5 Å². The average Bonchev–Trinajstić information content (AvgIpc) is 3.43. The van der Waals surface area contributed by atoms with Crippen molar-refractivity contribution in [2.24, 2.45) is 0 Å². The second-order valence-electron chi connectivity index (χ2n) is 7.69. The third kappa shape index (κ3) is 3.21. The van der Waals surface area contributed by atoms with Gasteiger partial charge in [0.25, 0.3) is 0 Å². The number of morpholine rings is 1. The SMILES string of the molecule is COC1(c2cc(N3CCOC[C@H]3C)nc3c2cnn3-c2ccn[nH]2)CCSCC1. The Kier molecular flexibility index (Phi) is 4.97. The third-order valence-corrected chi connectivity index (χ3v) is 7.07. The van der Waals surface area contributed by atoms with Crippen LogP contribution in [-0.2, 0) is 15.1 Å². The van der Waals surface area contributed by atoms with Crippen molar-refractivity contribution in [3.05, 3.63) is 30.1 Å². The maximum atomic E-state index is 6.20. The lowest BCUT2D eigenvalue weighted by atomic mass is 9.86. The van der Waals surface area contributed by atoms with Gasteiger partial charge in [-0.05, 0) is 37.3 Å². The highest BCUT2D eigenvalue weighted by Crippen LogP contribution is 2.43. The van der Waals surface area contributed by atoms with Crippen molar-refractivity contribution in [1.29, 1.82) is 0 Å². The monoisotopic (exact) mass is 414 g/mol. The van der Waals surface area contributed by atoms with Crippen LogP contribution in [0.15, 0.2) is 24.5 Å². The molecule has 8 nitrogen and oxygen atoms in total. The summed E-state index contributed by atoms with van der Waals surface area (Å²) in [6.45, 7) is 4.43. The first-order valence-electron chi connectivity index (χ1n) is 10.1. The van der Waals surface area contributed by atoms with Gasteiger partial charge in [-0.3, -0.25) is 5.10 Å². The van der Waals surface area contributed by atoms with E-state index >= 15 is 0 Å². The summed E-state index contributed by atoms with van der Waals surface area (Å²) >= 11 is 1.99. The predicted octanol–water partition coefficient (Wildman–Crippen LogP) is 2.74. The van der Waals surface area contributed by atoms with E-state index in [0.29, 0.717) is 13.2 Å². The molecule has 0 saturated carbocycles. The Morgan fingerprint density at radius 2 is 2.21 bits per heavy atom. The largest absolute Gasteiger partial charge is 0.377 e. The standard InChI is InChI=1S/C20H26N6O2S/c1-14-13-28-8-7-25(14)18-11-16(20(27-2)4-9-29-10-5-20)15-12-22-26(19(15)23-18)17-3-6-21-24-17/h3,6,11-12,14H,4-5,7-10,13H2,1-2H3,(H,21,24)/t14-/m1/s1. The summed E-state index contributed by atoms with van der Waals surface area (Å²) in [5.74, 6) is 3.95. The number of anilines is 1. The van der Waals surface area contributed by atoms with Crippen LogP contribution in [0.2, 0.25) is 0 Å². The molecule has 2 saturated heterocycles. The average molecular weight is 415 g/mol. The maximum Gasteiger partial charge on any atom is 0.167 e. The highest BCUT2D eigenvalue weighted by atomic mass is 32.2. The van der Waals surface area contributed by atoms with Crippen LogP contribution in [0.1, 0.15) is 25.3 Å². The molecule has 0 aromatic carbocycles. The van der Waals surface area contributed by atoms with E-state index < -0.39 is 0 Å². The zero-order valence-electron chi connectivity index (χ0n) is 16.8. The second-order valence-corrected chi connectivity index (χ2v) is 8.92. The summed E-state index contributed by atoms with van der Waals surface area (Å²) in [6, 6.07) is 4.40. The van der Waals surface area contributed by atoms with Gasteiger partial charge < -0.3 is 14.4 Å². The van der Waals surface area contributed by atoms with Crippen molar-refractivity contribution >= 4 is 28.6 Å². The first-order chi connectivity index (χ1) is 14.2. The van der Waals surface area contributed by atoms with Crippen LogP contribution in [-0.4, -0.2) is 69.4 Å². The molecule has 0 amide bonds. The number of H-pyrrole nitrogens is 1. The molecule has 0 spiro atoms. The molecule has 1 atom stereocenters. The minimum Gasteiger partial charge on any atom is -0.377 e. The van der Waals surface area contributed by atoms with Crippen LogP contribution in [0.25, 0.3) is 16.9 Å². The molecule has 0 bridgehead atoms. The number of ether oxygens (including phenoxy) is 2. The fourth-order valence-corrected chi connectivity index (χ4v) is 5.56. The van der Waals surface area contributed by atoms with E-state index in [9.17, 15) is 0 Å². The van der Waals surface area contributed by atoms with Crippen LogP contribution in [0.4, 0.5) is 5.82 Å². The Hall–Kier alpha value is -2.10. The van der Waals surface area contributed by atoms with Gasteiger partial charge in [-0.1, -0.05) is 0 Å². The Morgan fingerprint density at radius 1 is 1.34 bits per heavy atom. The molecule has 0 aliphatic carbocycles. The van der Waals surface area contributed by atoms with Crippen molar-refractivity contribution in [3.8, 4) is 5.82 Å². The molecule has 5 heterocycles. The number of aromatic amines is 1. The lowest BCUT2D eigenvalue weighted by Crippen LogP contribution is -2.44. The zero-order chi connectivity index (χ0) is 19.8. The van der Waals surface area contributed by atoms with Crippen molar-refractivity contribution < 1.29 is 9.47 Å². The molecule has 2 aliphatic heterocycles. The van der Waals surface area contributed by atoms with Crippen molar-refractivity contribution in [2.45, 2.75) is 31.4 Å².